The van der Waals surface area contributed by atoms with Crippen LogP contribution in [-0.4, -0.2) is 41.3 Å². The number of methoxy groups -OCH3 is 1. The van der Waals surface area contributed by atoms with E-state index in [9.17, 15) is 9.59 Å². The Kier molecular flexibility index (Phi) is 4.84. The van der Waals surface area contributed by atoms with Crippen molar-refractivity contribution < 1.29 is 14.3 Å². The van der Waals surface area contributed by atoms with Crippen molar-refractivity contribution in [3.8, 4) is 5.75 Å². The van der Waals surface area contributed by atoms with Crippen molar-refractivity contribution in [1.29, 1.82) is 0 Å². The van der Waals surface area contributed by atoms with Gasteiger partial charge in [-0.25, -0.2) is 0 Å². The van der Waals surface area contributed by atoms with Gasteiger partial charge in [0.15, 0.2) is 0 Å². The number of benzene rings is 2. The molecule has 0 spiro atoms. The van der Waals surface area contributed by atoms with E-state index in [4.69, 9.17) is 4.74 Å². The first-order valence-electron chi connectivity index (χ1n) is 9.48. The lowest BCUT2D eigenvalue weighted by atomic mass is 9.92. The first-order valence-corrected chi connectivity index (χ1v) is 9.48. The molecule has 0 radical (unpaired) electrons. The van der Waals surface area contributed by atoms with E-state index >= 15 is 0 Å². The Morgan fingerprint density at radius 1 is 0.963 bits per heavy atom. The number of carbonyl (C=O) groups excluding carboxylic acids is 2. The van der Waals surface area contributed by atoms with Crippen molar-refractivity contribution in [3.63, 3.8) is 0 Å². The van der Waals surface area contributed by atoms with E-state index in [0.29, 0.717) is 13.1 Å². The number of carbonyl (C=O) groups is 2. The summed E-state index contributed by atoms with van der Waals surface area (Å²) in [6, 6.07) is 16.4. The fourth-order valence-electron chi connectivity index (χ4n) is 4.12. The average Bonchev–Trinajstić information content (AvgIpc) is 2.73. The molecular weight excluding hydrogens is 340 g/mol. The van der Waals surface area contributed by atoms with Crippen molar-refractivity contribution in [2.45, 2.75) is 37.9 Å². The van der Waals surface area contributed by atoms with E-state index in [1.54, 1.807) is 16.9 Å². The number of amides is 2. The van der Waals surface area contributed by atoms with Crippen LogP contribution in [0.25, 0.3) is 0 Å². The van der Waals surface area contributed by atoms with Gasteiger partial charge in [0.25, 0.3) is 5.91 Å². The molecule has 2 atom stereocenters. The molecule has 2 aromatic carbocycles. The van der Waals surface area contributed by atoms with E-state index in [1.807, 2.05) is 54.6 Å². The monoisotopic (exact) mass is 364 g/mol. The van der Waals surface area contributed by atoms with Gasteiger partial charge < -0.3 is 14.5 Å². The van der Waals surface area contributed by atoms with Crippen LogP contribution in [0.3, 0.4) is 0 Å². The van der Waals surface area contributed by atoms with Crippen molar-refractivity contribution in [1.82, 2.24) is 9.80 Å². The highest BCUT2D eigenvalue weighted by atomic mass is 16.5. The molecule has 0 N–H and O–H groups in total. The molecule has 140 valence electrons. The average molecular weight is 364 g/mol. The van der Waals surface area contributed by atoms with Crippen LogP contribution in [0, 0.1) is 0 Å². The molecule has 2 aliphatic rings. The lowest BCUT2D eigenvalue weighted by molar-refractivity contribution is -0.165. The SMILES string of the molecule is COc1ccc(CN2C(=O)[C@H]3CCCCN3C(=O)[C@@H]2c2ccccc2)cc1. The van der Waals surface area contributed by atoms with Gasteiger partial charge in [-0.05, 0) is 42.5 Å². The molecular formula is C22H24N2O3. The van der Waals surface area contributed by atoms with Crippen molar-refractivity contribution in [2.24, 2.45) is 0 Å². The number of hydrogen-bond acceptors (Lipinski definition) is 3. The van der Waals surface area contributed by atoms with Crippen LogP contribution < -0.4 is 4.74 Å². The Morgan fingerprint density at radius 2 is 1.70 bits per heavy atom. The third-order valence-corrected chi connectivity index (χ3v) is 5.53. The van der Waals surface area contributed by atoms with Crippen molar-refractivity contribution >= 4 is 11.8 Å². The second-order valence-electron chi connectivity index (χ2n) is 7.17. The quantitative estimate of drug-likeness (QED) is 0.837. The molecule has 2 aromatic rings. The summed E-state index contributed by atoms with van der Waals surface area (Å²) in [7, 11) is 1.63. The summed E-state index contributed by atoms with van der Waals surface area (Å²) in [5.41, 5.74) is 1.86. The van der Waals surface area contributed by atoms with Crippen LogP contribution in [0.1, 0.15) is 36.4 Å². The largest absolute Gasteiger partial charge is 0.497 e. The summed E-state index contributed by atoms with van der Waals surface area (Å²) in [4.78, 5) is 30.2. The van der Waals surface area contributed by atoms with Gasteiger partial charge in [-0.3, -0.25) is 9.59 Å². The summed E-state index contributed by atoms with van der Waals surface area (Å²) in [6.45, 7) is 1.09. The Hall–Kier alpha value is -2.82. The molecule has 0 aliphatic carbocycles. The molecule has 2 amide bonds. The minimum Gasteiger partial charge on any atom is -0.497 e. The predicted octanol–water partition coefficient (Wildman–Crippen LogP) is 3.16. The zero-order chi connectivity index (χ0) is 18.8. The summed E-state index contributed by atoms with van der Waals surface area (Å²) in [5.74, 6) is 0.871. The molecule has 0 saturated carbocycles. The van der Waals surface area contributed by atoms with Crippen LogP contribution >= 0.6 is 0 Å². The van der Waals surface area contributed by atoms with Gasteiger partial charge in [0.05, 0.1) is 7.11 Å². The van der Waals surface area contributed by atoms with Crippen molar-refractivity contribution in [3.05, 3.63) is 65.7 Å². The second kappa shape index (κ2) is 7.43. The zero-order valence-corrected chi connectivity index (χ0v) is 15.5. The highest BCUT2D eigenvalue weighted by Gasteiger charge is 2.46. The summed E-state index contributed by atoms with van der Waals surface area (Å²) in [5, 5.41) is 0. The molecule has 2 aliphatic heterocycles. The van der Waals surface area contributed by atoms with Crippen LogP contribution in [-0.2, 0) is 16.1 Å². The summed E-state index contributed by atoms with van der Waals surface area (Å²) < 4.78 is 5.22. The highest BCUT2D eigenvalue weighted by molar-refractivity contribution is 5.97. The Labute approximate surface area is 159 Å². The van der Waals surface area contributed by atoms with Gasteiger partial charge in [0, 0.05) is 13.1 Å². The lowest BCUT2D eigenvalue weighted by Gasteiger charge is -2.47. The van der Waals surface area contributed by atoms with E-state index in [0.717, 1.165) is 36.1 Å². The second-order valence-corrected chi connectivity index (χ2v) is 7.17. The van der Waals surface area contributed by atoms with E-state index in [-0.39, 0.29) is 17.9 Å². The van der Waals surface area contributed by atoms with Crippen LogP contribution in [0.2, 0.25) is 0 Å². The molecule has 2 heterocycles. The van der Waals surface area contributed by atoms with Gasteiger partial charge in [0.2, 0.25) is 5.91 Å². The number of piperidine rings is 1. The minimum atomic E-state index is -0.560. The van der Waals surface area contributed by atoms with Gasteiger partial charge in [-0.2, -0.15) is 0 Å². The molecule has 5 nitrogen and oxygen atoms in total. The molecule has 5 heteroatoms. The van der Waals surface area contributed by atoms with E-state index in [1.165, 1.54) is 0 Å². The highest BCUT2D eigenvalue weighted by Crippen LogP contribution is 2.35. The predicted molar refractivity (Wildman–Crippen MR) is 102 cm³/mol. The number of fused-ring (bicyclic) bond motifs is 1. The molecule has 4 rings (SSSR count). The molecule has 0 bridgehead atoms. The Morgan fingerprint density at radius 3 is 2.41 bits per heavy atom. The maximum absolute atomic E-state index is 13.3. The molecule has 2 saturated heterocycles. The summed E-state index contributed by atoms with van der Waals surface area (Å²) >= 11 is 0. The van der Waals surface area contributed by atoms with Crippen LogP contribution in [0.4, 0.5) is 0 Å². The minimum absolute atomic E-state index is 0.0408. The number of rotatable bonds is 4. The summed E-state index contributed by atoms with van der Waals surface area (Å²) in [6.07, 6.45) is 2.72. The van der Waals surface area contributed by atoms with Crippen molar-refractivity contribution in [2.75, 3.05) is 13.7 Å². The van der Waals surface area contributed by atoms with Crippen LogP contribution in [0.5, 0.6) is 5.75 Å². The van der Waals surface area contributed by atoms with Gasteiger partial charge in [-0.15, -0.1) is 0 Å². The number of hydrogen-bond donors (Lipinski definition) is 0. The van der Waals surface area contributed by atoms with E-state index in [2.05, 4.69) is 0 Å². The third-order valence-electron chi connectivity index (χ3n) is 5.53. The number of ether oxygens (including phenoxy) is 1. The Bertz CT molecular complexity index is 819. The fourth-order valence-corrected chi connectivity index (χ4v) is 4.12. The first-order chi connectivity index (χ1) is 13.2. The molecule has 0 unspecified atom stereocenters. The maximum atomic E-state index is 13.3. The standard InChI is InChI=1S/C22H24N2O3/c1-27-18-12-10-16(11-13-18)15-24-20(17-7-3-2-4-8-17)22(26)23-14-6-5-9-19(23)21(24)25/h2-4,7-8,10-13,19-20H,5-6,9,14-15H2,1H3/t19-,20+/m1/s1. The number of nitrogens with zero attached hydrogens (tertiary/aromatic N) is 2. The Balaban J connectivity index is 1.69. The lowest BCUT2D eigenvalue weighted by Crippen LogP contribution is -2.62. The fraction of sp³-hybridized carbons (Fsp3) is 0.364. The topological polar surface area (TPSA) is 49.9 Å². The normalized spacial score (nSPS) is 22.6. The van der Waals surface area contributed by atoms with Gasteiger partial charge >= 0.3 is 0 Å². The van der Waals surface area contributed by atoms with E-state index < -0.39 is 6.04 Å². The number of piperazine rings is 1. The van der Waals surface area contributed by atoms with Gasteiger partial charge in [0.1, 0.15) is 17.8 Å². The maximum Gasteiger partial charge on any atom is 0.250 e. The third kappa shape index (κ3) is 3.29. The van der Waals surface area contributed by atoms with Gasteiger partial charge in [-0.1, -0.05) is 42.5 Å². The molecule has 2 fully saturated rings. The zero-order valence-electron chi connectivity index (χ0n) is 15.5. The smallest absolute Gasteiger partial charge is 0.250 e. The molecule has 0 aromatic heterocycles. The first kappa shape index (κ1) is 17.6. The van der Waals surface area contributed by atoms with Crippen LogP contribution in [0.15, 0.2) is 54.6 Å². The molecule has 27 heavy (non-hydrogen) atoms.